The van der Waals surface area contributed by atoms with Crippen molar-refractivity contribution in [3.63, 3.8) is 0 Å². The Labute approximate surface area is 110 Å². The number of hydrogen-bond donors (Lipinski definition) is 2. The average molecular weight is 254 g/mol. The van der Waals surface area contributed by atoms with Gasteiger partial charge in [-0.2, -0.15) is 0 Å². The second-order valence-corrected chi connectivity index (χ2v) is 5.79. The highest BCUT2D eigenvalue weighted by Crippen LogP contribution is 2.22. The Bertz CT molecular complexity index is 309. The fraction of sp³-hybridized carbons (Fsp3) is 0.923. The molecule has 0 aromatic rings. The molecule has 0 radical (unpaired) electrons. The summed E-state index contributed by atoms with van der Waals surface area (Å²) in [7, 11) is 0. The quantitative estimate of drug-likeness (QED) is 0.702. The molecule has 5 nitrogen and oxygen atoms in total. The van der Waals surface area contributed by atoms with Gasteiger partial charge in [0, 0.05) is 32.2 Å². The van der Waals surface area contributed by atoms with Gasteiger partial charge >= 0.3 is 0 Å². The minimum Gasteiger partial charge on any atom is -0.368 e. The first kappa shape index (κ1) is 13.8. The molecule has 2 saturated heterocycles. The van der Waals surface area contributed by atoms with Gasteiger partial charge in [-0.05, 0) is 32.9 Å². The summed E-state index contributed by atoms with van der Waals surface area (Å²) in [5.41, 5.74) is 4.94. The van der Waals surface area contributed by atoms with E-state index in [-0.39, 0.29) is 5.91 Å². The van der Waals surface area contributed by atoms with Gasteiger partial charge in [-0.15, -0.1) is 0 Å². The number of carbonyl (C=O) groups excluding carboxylic acids is 1. The van der Waals surface area contributed by atoms with Crippen molar-refractivity contribution in [2.24, 2.45) is 5.73 Å². The highest BCUT2D eigenvalue weighted by atomic mass is 16.1. The van der Waals surface area contributed by atoms with Crippen molar-refractivity contribution in [2.75, 3.05) is 39.3 Å². The minimum absolute atomic E-state index is 0.252. The molecule has 2 fully saturated rings. The molecule has 18 heavy (non-hydrogen) atoms. The van der Waals surface area contributed by atoms with E-state index in [9.17, 15) is 4.79 Å². The summed E-state index contributed by atoms with van der Waals surface area (Å²) in [6, 6.07) is 0.692. The molecule has 0 bridgehead atoms. The number of rotatable bonds is 5. The van der Waals surface area contributed by atoms with E-state index < -0.39 is 5.54 Å². The molecule has 0 aliphatic carbocycles. The predicted octanol–water partition coefficient (Wildman–Crippen LogP) is -0.380. The molecule has 2 aliphatic rings. The maximum absolute atomic E-state index is 11.6. The molecule has 0 saturated carbocycles. The van der Waals surface area contributed by atoms with Gasteiger partial charge in [0.2, 0.25) is 5.91 Å². The van der Waals surface area contributed by atoms with Gasteiger partial charge in [-0.25, -0.2) is 0 Å². The largest absolute Gasteiger partial charge is 0.368 e. The van der Waals surface area contributed by atoms with Crippen molar-refractivity contribution >= 4 is 5.91 Å². The van der Waals surface area contributed by atoms with Gasteiger partial charge in [0.1, 0.15) is 5.54 Å². The molecule has 0 spiro atoms. The maximum Gasteiger partial charge on any atom is 0.238 e. The normalized spacial score (nSPS) is 28.9. The first-order chi connectivity index (χ1) is 8.55. The van der Waals surface area contributed by atoms with Gasteiger partial charge in [0.15, 0.2) is 0 Å². The lowest BCUT2D eigenvalue weighted by Gasteiger charge is -2.41. The van der Waals surface area contributed by atoms with Crippen LogP contribution in [-0.2, 0) is 4.79 Å². The van der Waals surface area contributed by atoms with Crippen LogP contribution >= 0.6 is 0 Å². The Hall–Kier alpha value is -0.650. The molecule has 0 aromatic heterocycles. The Kier molecular flexibility index (Phi) is 4.25. The summed E-state index contributed by atoms with van der Waals surface area (Å²) in [6.07, 6.45) is 2.61. The smallest absolute Gasteiger partial charge is 0.238 e. The van der Waals surface area contributed by atoms with Crippen LogP contribution in [0.25, 0.3) is 0 Å². The Morgan fingerprint density at radius 3 is 2.89 bits per heavy atom. The number of amides is 1. The fourth-order valence-electron chi connectivity index (χ4n) is 3.26. The number of likely N-dealkylation sites (N-methyl/N-ethyl adjacent to an activating group) is 1. The van der Waals surface area contributed by atoms with Crippen molar-refractivity contribution in [3.05, 3.63) is 0 Å². The predicted molar refractivity (Wildman–Crippen MR) is 72.3 cm³/mol. The second kappa shape index (κ2) is 5.55. The second-order valence-electron chi connectivity index (χ2n) is 5.79. The molecule has 1 amide bonds. The third-order valence-corrected chi connectivity index (χ3v) is 4.32. The molecule has 2 heterocycles. The van der Waals surface area contributed by atoms with Crippen LogP contribution < -0.4 is 11.1 Å². The third kappa shape index (κ3) is 2.84. The van der Waals surface area contributed by atoms with Crippen molar-refractivity contribution in [1.29, 1.82) is 0 Å². The molecule has 2 unspecified atom stereocenters. The number of nitrogens with one attached hydrogen (secondary N) is 1. The zero-order chi connectivity index (χ0) is 13.2. The van der Waals surface area contributed by atoms with E-state index in [4.69, 9.17) is 5.73 Å². The van der Waals surface area contributed by atoms with E-state index in [1.165, 1.54) is 19.4 Å². The van der Waals surface area contributed by atoms with E-state index in [0.717, 1.165) is 32.7 Å². The summed E-state index contributed by atoms with van der Waals surface area (Å²) >= 11 is 0. The number of carbonyl (C=O) groups is 1. The number of primary amides is 1. The molecule has 2 rings (SSSR count). The number of piperazine rings is 1. The summed E-state index contributed by atoms with van der Waals surface area (Å²) in [5, 5.41) is 3.24. The third-order valence-electron chi connectivity index (χ3n) is 4.32. The molecule has 5 heteroatoms. The number of fused-ring (bicyclic) bond motifs is 1. The van der Waals surface area contributed by atoms with E-state index in [0.29, 0.717) is 6.04 Å². The fourth-order valence-corrected chi connectivity index (χ4v) is 3.26. The molecule has 3 N–H and O–H groups in total. The molecular weight excluding hydrogens is 228 g/mol. The Morgan fingerprint density at radius 1 is 1.44 bits per heavy atom. The van der Waals surface area contributed by atoms with E-state index in [2.05, 4.69) is 15.1 Å². The molecule has 104 valence electrons. The summed E-state index contributed by atoms with van der Waals surface area (Å²) in [5.74, 6) is -0.252. The highest BCUT2D eigenvalue weighted by molar-refractivity contribution is 5.84. The molecule has 2 atom stereocenters. The van der Waals surface area contributed by atoms with Crippen molar-refractivity contribution in [3.8, 4) is 0 Å². The van der Waals surface area contributed by atoms with Crippen molar-refractivity contribution in [1.82, 2.24) is 15.1 Å². The lowest BCUT2D eigenvalue weighted by molar-refractivity contribution is -0.124. The SMILES string of the molecule is CCNC(C)(CN1CCN2CCCC2C1)C(N)=O. The van der Waals surface area contributed by atoms with Crippen molar-refractivity contribution in [2.45, 2.75) is 38.3 Å². The Balaban J connectivity index is 1.93. The minimum atomic E-state index is -0.602. The Morgan fingerprint density at radius 2 is 2.22 bits per heavy atom. The van der Waals surface area contributed by atoms with Crippen LogP contribution in [0.2, 0.25) is 0 Å². The van der Waals surface area contributed by atoms with E-state index >= 15 is 0 Å². The first-order valence-corrected chi connectivity index (χ1v) is 7.06. The number of hydrogen-bond acceptors (Lipinski definition) is 4. The van der Waals surface area contributed by atoms with Gasteiger partial charge in [0.25, 0.3) is 0 Å². The molecule has 2 aliphatic heterocycles. The summed E-state index contributed by atoms with van der Waals surface area (Å²) in [6.45, 7) is 9.92. The lowest BCUT2D eigenvalue weighted by Crippen LogP contribution is -2.62. The average Bonchev–Trinajstić information content (AvgIpc) is 2.76. The van der Waals surface area contributed by atoms with Crippen LogP contribution in [0.4, 0.5) is 0 Å². The van der Waals surface area contributed by atoms with Gasteiger partial charge in [-0.3, -0.25) is 14.6 Å². The summed E-state index contributed by atoms with van der Waals surface area (Å²) in [4.78, 5) is 16.6. The van der Waals surface area contributed by atoms with E-state index in [1.807, 2.05) is 13.8 Å². The van der Waals surface area contributed by atoms with Crippen LogP contribution in [0.1, 0.15) is 26.7 Å². The monoisotopic (exact) mass is 254 g/mol. The van der Waals surface area contributed by atoms with E-state index in [1.54, 1.807) is 0 Å². The van der Waals surface area contributed by atoms with Gasteiger partial charge in [0.05, 0.1) is 0 Å². The number of nitrogens with zero attached hydrogens (tertiary/aromatic N) is 2. The van der Waals surface area contributed by atoms with Gasteiger partial charge < -0.3 is 11.1 Å². The van der Waals surface area contributed by atoms with Crippen LogP contribution in [-0.4, -0.2) is 66.6 Å². The standard InChI is InChI=1S/C13H26N4O/c1-3-15-13(2,12(14)18)10-16-7-8-17-6-4-5-11(17)9-16/h11,15H,3-10H2,1-2H3,(H2,14,18). The van der Waals surface area contributed by atoms with Crippen LogP contribution in [0.5, 0.6) is 0 Å². The highest BCUT2D eigenvalue weighted by Gasteiger charge is 2.36. The van der Waals surface area contributed by atoms with Crippen molar-refractivity contribution < 1.29 is 4.79 Å². The van der Waals surface area contributed by atoms with Crippen LogP contribution in [0.3, 0.4) is 0 Å². The topological polar surface area (TPSA) is 61.6 Å². The first-order valence-electron chi connectivity index (χ1n) is 7.06. The van der Waals surface area contributed by atoms with Crippen LogP contribution in [0.15, 0.2) is 0 Å². The number of nitrogens with two attached hydrogens (primary N) is 1. The van der Waals surface area contributed by atoms with Crippen LogP contribution in [0, 0.1) is 0 Å². The molecule has 0 aromatic carbocycles. The zero-order valence-corrected chi connectivity index (χ0v) is 11.6. The summed E-state index contributed by atoms with van der Waals surface area (Å²) < 4.78 is 0. The zero-order valence-electron chi connectivity index (χ0n) is 11.6. The lowest BCUT2D eigenvalue weighted by atomic mass is 9.99. The van der Waals surface area contributed by atoms with Gasteiger partial charge in [-0.1, -0.05) is 6.92 Å². The molecular formula is C13H26N4O. The maximum atomic E-state index is 11.6.